The predicted molar refractivity (Wildman–Crippen MR) is 78.6 cm³/mol. The summed E-state index contributed by atoms with van der Waals surface area (Å²) in [6.45, 7) is 3.70. The summed E-state index contributed by atoms with van der Waals surface area (Å²) >= 11 is 6.06. The smallest absolute Gasteiger partial charge is 0.337 e. The van der Waals surface area contributed by atoms with Gasteiger partial charge in [0, 0.05) is 38.4 Å². The molecule has 1 unspecified atom stereocenters. The van der Waals surface area contributed by atoms with Gasteiger partial charge < -0.3 is 15.3 Å². The first-order chi connectivity index (χ1) is 9.49. The van der Waals surface area contributed by atoms with Crippen molar-refractivity contribution < 1.29 is 9.90 Å². The van der Waals surface area contributed by atoms with Gasteiger partial charge in [0.25, 0.3) is 0 Å². The zero-order valence-corrected chi connectivity index (χ0v) is 12.4. The molecule has 0 bridgehead atoms. The molecule has 2 heterocycles. The molecule has 2 rings (SSSR count). The monoisotopic (exact) mass is 298 g/mol. The minimum atomic E-state index is -1.05. The SMILES string of the molecule is CN1CCN(C)C(CNc2nccc(C(=O)O)c2Cl)C1. The number of aromatic carboxylic acids is 1. The zero-order valence-electron chi connectivity index (χ0n) is 11.6. The number of hydrogen-bond donors (Lipinski definition) is 2. The van der Waals surface area contributed by atoms with Gasteiger partial charge in [-0.3, -0.25) is 4.90 Å². The number of nitrogens with one attached hydrogen (secondary N) is 1. The number of piperazine rings is 1. The van der Waals surface area contributed by atoms with E-state index in [1.807, 2.05) is 0 Å². The average Bonchev–Trinajstić information content (AvgIpc) is 2.41. The molecule has 1 fully saturated rings. The molecule has 1 saturated heterocycles. The quantitative estimate of drug-likeness (QED) is 0.867. The largest absolute Gasteiger partial charge is 0.478 e. The normalized spacial score (nSPS) is 20.9. The van der Waals surface area contributed by atoms with Crippen molar-refractivity contribution in [1.29, 1.82) is 0 Å². The fraction of sp³-hybridized carbons (Fsp3) is 0.538. The number of anilines is 1. The third-order valence-corrected chi connectivity index (χ3v) is 3.99. The van der Waals surface area contributed by atoms with E-state index in [-0.39, 0.29) is 10.6 Å². The summed E-state index contributed by atoms with van der Waals surface area (Å²) in [6, 6.07) is 1.75. The van der Waals surface area contributed by atoms with Gasteiger partial charge in [-0.05, 0) is 20.2 Å². The molecule has 1 aromatic rings. The number of likely N-dealkylation sites (N-methyl/N-ethyl adjacent to an activating group) is 2. The molecule has 0 aliphatic carbocycles. The van der Waals surface area contributed by atoms with Gasteiger partial charge in [-0.1, -0.05) is 11.6 Å². The Balaban J connectivity index is 2.03. The highest BCUT2D eigenvalue weighted by molar-refractivity contribution is 6.35. The first-order valence-electron chi connectivity index (χ1n) is 6.49. The van der Waals surface area contributed by atoms with Crippen LogP contribution >= 0.6 is 11.6 Å². The van der Waals surface area contributed by atoms with Crippen LogP contribution in [0.5, 0.6) is 0 Å². The van der Waals surface area contributed by atoms with E-state index in [9.17, 15) is 4.79 Å². The Morgan fingerprint density at radius 3 is 3.00 bits per heavy atom. The summed E-state index contributed by atoms with van der Waals surface area (Å²) in [7, 11) is 4.18. The lowest BCUT2D eigenvalue weighted by Gasteiger charge is -2.37. The third-order valence-electron chi connectivity index (χ3n) is 3.60. The second-order valence-electron chi connectivity index (χ2n) is 5.10. The van der Waals surface area contributed by atoms with Crippen LogP contribution in [0, 0.1) is 0 Å². The van der Waals surface area contributed by atoms with E-state index in [1.54, 1.807) is 0 Å². The Kier molecular flexibility index (Phi) is 4.80. The summed E-state index contributed by atoms with van der Waals surface area (Å²) in [4.78, 5) is 19.7. The molecule has 0 spiro atoms. The number of carboxylic acids is 1. The van der Waals surface area contributed by atoms with Crippen LogP contribution in [-0.2, 0) is 0 Å². The fourth-order valence-corrected chi connectivity index (χ4v) is 2.53. The Labute approximate surface area is 123 Å². The molecule has 1 aliphatic rings. The lowest BCUT2D eigenvalue weighted by Crippen LogP contribution is -2.52. The van der Waals surface area contributed by atoms with Crippen molar-refractivity contribution >= 4 is 23.4 Å². The van der Waals surface area contributed by atoms with Crippen LogP contribution in [0.15, 0.2) is 12.3 Å². The highest BCUT2D eigenvalue weighted by Crippen LogP contribution is 2.23. The highest BCUT2D eigenvalue weighted by Gasteiger charge is 2.22. The van der Waals surface area contributed by atoms with E-state index in [0.29, 0.717) is 18.4 Å². The van der Waals surface area contributed by atoms with Crippen LogP contribution < -0.4 is 5.32 Å². The first-order valence-corrected chi connectivity index (χ1v) is 6.87. The third kappa shape index (κ3) is 3.39. The first kappa shape index (κ1) is 15.0. The summed E-state index contributed by atoms with van der Waals surface area (Å²) in [6.07, 6.45) is 1.45. The molecule has 2 N–H and O–H groups in total. The Hall–Kier alpha value is -1.37. The fourth-order valence-electron chi connectivity index (χ4n) is 2.27. The second kappa shape index (κ2) is 6.39. The molecule has 0 radical (unpaired) electrons. The molecule has 0 amide bonds. The van der Waals surface area contributed by atoms with E-state index < -0.39 is 5.97 Å². The lowest BCUT2D eigenvalue weighted by molar-refractivity contribution is 0.0697. The summed E-state index contributed by atoms with van der Waals surface area (Å²) < 4.78 is 0. The number of rotatable bonds is 4. The predicted octanol–water partition coefficient (Wildman–Crippen LogP) is 1.09. The molecule has 1 aliphatic heterocycles. The maximum absolute atomic E-state index is 11.0. The van der Waals surface area contributed by atoms with Gasteiger partial charge in [-0.2, -0.15) is 0 Å². The summed E-state index contributed by atoms with van der Waals surface area (Å²) in [5.74, 6) is -0.622. The van der Waals surface area contributed by atoms with Gasteiger partial charge in [0.15, 0.2) is 0 Å². The maximum Gasteiger partial charge on any atom is 0.337 e. The molecule has 1 atom stereocenters. The van der Waals surface area contributed by atoms with E-state index in [1.165, 1.54) is 12.3 Å². The molecule has 1 aromatic heterocycles. The summed E-state index contributed by atoms with van der Waals surface area (Å²) in [5, 5.41) is 12.3. The van der Waals surface area contributed by atoms with Crippen LogP contribution in [0.4, 0.5) is 5.82 Å². The van der Waals surface area contributed by atoms with Gasteiger partial charge in [0.1, 0.15) is 5.82 Å². The van der Waals surface area contributed by atoms with Crippen LogP contribution in [0.25, 0.3) is 0 Å². The number of pyridine rings is 1. The van der Waals surface area contributed by atoms with Gasteiger partial charge in [-0.15, -0.1) is 0 Å². The highest BCUT2D eigenvalue weighted by atomic mass is 35.5. The van der Waals surface area contributed by atoms with Crippen molar-refractivity contribution in [2.45, 2.75) is 6.04 Å². The Bertz CT molecular complexity index is 497. The number of aromatic nitrogens is 1. The molecule has 7 heteroatoms. The van der Waals surface area contributed by atoms with Crippen LogP contribution in [-0.4, -0.2) is 72.2 Å². The van der Waals surface area contributed by atoms with Crippen molar-refractivity contribution in [2.75, 3.05) is 45.6 Å². The van der Waals surface area contributed by atoms with Crippen LogP contribution in [0.1, 0.15) is 10.4 Å². The minimum absolute atomic E-state index is 0.0679. The zero-order chi connectivity index (χ0) is 14.7. The Morgan fingerprint density at radius 2 is 2.30 bits per heavy atom. The minimum Gasteiger partial charge on any atom is -0.478 e. The van der Waals surface area contributed by atoms with Crippen LogP contribution in [0.2, 0.25) is 5.02 Å². The Morgan fingerprint density at radius 1 is 1.55 bits per heavy atom. The topological polar surface area (TPSA) is 68.7 Å². The molecule has 20 heavy (non-hydrogen) atoms. The number of halogens is 1. The van der Waals surface area contributed by atoms with Gasteiger partial charge in [0.05, 0.1) is 10.6 Å². The average molecular weight is 299 g/mol. The molecule has 0 aromatic carbocycles. The van der Waals surface area contributed by atoms with E-state index >= 15 is 0 Å². The van der Waals surface area contributed by atoms with Crippen molar-refractivity contribution in [1.82, 2.24) is 14.8 Å². The maximum atomic E-state index is 11.0. The van der Waals surface area contributed by atoms with Crippen molar-refractivity contribution in [2.24, 2.45) is 0 Å². The number of carboxylic acid groups (broad SMARTS) is 1. The second-order valence-corrected chi connectivity index (χ2v) is 5.48. The van der Waals surface area contributed by atoms with E-state index in [0.717, 1.165) is 19.6 Å². The number of hydrogen-bond acceptors (Lipinski definition) is 5. The molecule has 110 valence electrons. The van der Waals surface area contributed by atoms with Crippen molar-refractivity contribution in [3.8, 4) is 0 Å². The molecule has 6 nitrogen and oxygen atoms in total. The number of nitrogens with zero attached hydrogens (tertiary/aromatic N) is 3. The van der Waals surface area contributed by atoms with Gasteiger partial charge in [0.2, 0.25) is 0 Å². The lowest BCUT2D eigenvalue weighted by atomic mass is 10.2. The molecular formula is C13H19ClN4O2. The molecular weight excluding hydrogens is 280 g/mol. The van der Waals surface area contributed by atoms with Crippen molar-refractivity contribution in [3.05, 3.63) is 22.8 Å². The van der Waals surface area contributed by atoms with Crippen LogP contribution in [0.3, 0.4) is 0 Å². The standard InChI is InChI=1S/C13H19ClN4O2/c1-17-5-6-18(2)9(8-17)7-16-12-11(14)10(13(19)20)3-4-15-12/h3-4,9H,5-8H2,1-2H3,(H,15,16)(H,19,20). The number of carbonyl (C=O) groups is 1. The molecule has 0 saturated carbocycles. The van der Waals surface area contributed by atoms with E-state index in [4.69, 9.17) is 16.7 Å². The van der Waals surface area contributed by atoms with E-state index in [2.05, 4.69) is 34.2 Å². The van der Waals surface area contributed by atoms with Crippen molar-refractivity contribution in [3.63, 3.8) is 0 Å². The van der Waals surface area contributed by atoms with Gasteiger partial charge in [-0.25, -0.2) is 9.78 Å². The van der Waals surface area contributed by atoms with Gasteiger partial charge >= 0.3 is 5.97 Å². The summed E-state index contributed by atoms with van der Waals surface area (Å²) in [5.41, 5.74) is 0.0679.